The van der Waals surface area contributed by atoms with Crippen LogP contribution in [0.15, 0.2) is 42.5 Å². The molecular formula is C26H34N2O4. The molecule has 6 heteroatoms. The fraction of sp³-hybridized carbons (Fsp3) is 0.500. The summed E-state index contributed by atoms with van der Waals surface area (Å²) in [5.74, 6) is 1.38. The monoisotopic (exact) mass is 438 g/mol. The number of nitrogens with zero attached hydrogens (tertiary/aromatic N) is 1. The summed E-state index contributed by atoms with van der Waals surface area (Å²) in [5, 5.41) is 14.5. The molecule has 0 unspecified atom stereocenters. The molecule has 2 N–H and O–H groups in total. The van der Waals surface area contributed by atoms with Gasteiger partial charge in [0.2, 0.25) is 5.91 Å². The molecule has 1 aliphatic heterocycles. The average Bonchev–Trinajstić information content (AvgIpc) is 2.80. The van der Waals surface area contributed by atoms with E-state index < -0.39 is 5.60 Å². The number of rotatable bonds is 6. The number of amides is 1. The second-order valence-electron chi connectivity index (χ2n) is 9.15. The smallest absolute Gasteiger partial charge is 0.238 e. The van der Waals surface area contributed by atoms with E-state index in [9.17, 15) is 9.90 Å². The third-order valence-electron chi connectivity index (χ3n) is 7.10. The van der Waals surface area contributed by atoms with Crippen molar-refractivity contribution in [3.05, 3.63) is 53.6 Å². The SMILES string of the molecule is COc1ccc([C@@H]2[C@H]3CCCC[C@]3(O)CCN2CC(=O)Nc2ccc(C)cc2)cc1OC. The lowest BCUT2D eigenvalue weighted by Crippen LogP contribution is -2.56. The highest BCUT2D eigenvalue weighted by Crippen LogP contribution is 2.50. The summed E-state index contributed by atoms with van der Waals surface area (Å²) in [7, 11) is 3.26. The van der Waals surface area contributed by atoms with Crippen LogP contribution in [0.1, 0.15) is 49.3 Å². The summed E-state index contributed by atoms with van der Waals surface area (Å²) in [4.78, 5) is 15.2. The molecule has 2 aliphatic rings. The summed E-state index contributed by atoms with van der Waals surface area (Å²) in [6, 6.07) is 13.7. The van der Waals surface area contributed by atoms with Gasteiger partial charge in [0.15, 0.2) is 11.5 Å². The number of anilines is 1. The van der Waals surface area contributed by atoms with Gasteiger partial charge < -0.3 is 19.9 Å². The van der Waals surface area contributed by atoms with Crippen LogP contribution in [0, 0.1) is 12.8 Å². The van der Waals surface area contributed by atoms with Gasteiger partial charge in [-0.25, -0.2) is 0 Å². The molecule has 0 aromatic heterocycles. The minimum Gasteiger partial charge on any atom is -0.493 e. The van der Waals surface area contributed by atoms with Crippen LogP contribution in [0.3, 0.4) is 0 Å². The van der Waals surface area contributed by atoms with E-state index in [2.05, 4.69) is 10.2 Å². The molecule has 1 heterocycles. The number of aryl methyl sites for hydroxylation is 1. The van der Waals surface area contributed by atoms with E-state index in [4.69, 9.17) is 9.47 Å². The molecule has 1 aliphatic carbocycles. The molecule has 2 aromatic carbocycles. The minimum atomic E-state index is -0.681. The summed E-state index contributed by atoms with van der Waals surface area (Å²) >= 11 is 0. The Morgan fingerprint density at radius 3 is 2.56 bits per heavy atom. The largest absolute Gasteiger partial charge is 0.493 e. The number of methoxy groups -OCH3 is 2. The number of carbonyl (C=O) groups is 1. The Bertz CT molecular complexity index is 945. The Labute approximate surface area is 190 Å². The average molecular weight is 439 g/mol. The number of hydrogen-bond donors (Lipinski definition) is 2. The summed E-state index contributed by atoms with van der Waals surface area (Å²) in [6.07, 6.45) is 4.62. The number of nitrogens with one attached hydrogen (secondary N) is 1. The second kappa shape index (κ2) is 9.51. The zero-order valence-corrected chi connectivity index (χ0v) is 19.3. The van der Waals surface area contributed by atoms with Crippen LogP contribution >= 0.6 is 0 Å². The lowest BCUT2D eigenvalue weighted by atomic mass is 9.66. The Morgan fingerprint density at radius 1 is 1.09 bits per heavy atom. The highest BCUT2D eigenvalue weighted by molar-refractivity contribution is 5.92. The first-order chi connectivity index (χ1) is 15.4. The fourth-order valence-electron chi connectivity index (χ4n) is 5.42. The predicted molar refractivity (Wildman–Crippen MR) is 125 cm³/mol. The fourth-order valence-corrected chi connectivity index (χ4v) is 5.42. The number of likely N-dealkylation sites (tertiary alicyclic amines) is 1. The van der Waals surface area contributed by atoms with Crippen molar-refractivity contribution in [3.63, 3.8) is 0 Å². The van der Waals surface area contributed by atoms with Crippen LogP contribution in [0.2, 0.25) is 0 Å². The molecular weight excluding hydrogens is 404 g/mol. The maximum absolute atomic E-state index is 12.9. The highest BCUT2D eigenvalue weighted by Gasteiger charge is 2.49. The minimum absolute atomic E-state index is 0.0411. The van der Waals surface area contributed by atoms with Gasteiger partial charge in [-0.3, -0.25) is 9.69 Å². The molecule has 0 spiro atoms. The first-order valence-corrected chi connectivity index (χ1v) is 11.5. The maximum atomic E-state index is 12.9. The Balaban J connectivity index is 1.61. The number of ether oxygens (including phenoxy) is 2. The second-order valence-corrected chi connectivity index (χ2v) is 9.15. The Kier molecular flexibility index (Phi) is 6.72. The lowest BCUT2D eigenvalue weighted by Gasteiger charge is -2.52. The molecule has 1 saturated carbocycles. The summed E-state index contributed by atoms with van der Waals surface area (Å²) in [5.41, 5.74) is 2.33. The van der Waals surface area contributed by atoms with E-state index >= 15 is 0 Å². The molecule has 1 amide bonds. The van der Waals surface area contributed by atoms with Gasteiger partial charge in [0, 0.05) is 24.2 Å². The van der Waals surface area contributed by atoms with Crippen LogP contribution in [0.5, 0.6) is 11.5 Å². The van der Waals surface area contributed by atoms with Gasteiger partial charge in [-0.15, -0.1) is 0 Å². The van der Waals surface area contributed by atoms with Crippen molar-refractivity contribution < 1.29 is 19.4 Å². The highest BCUT2D eigenvalue weighted by atomic mass is 16.5. The van der Waals surface area contributed by atoms with Crippen molar-refractivity contribution in [3.8, 4) is 11.5 Å². The van der Waals surface area contributed by atoms with E-state index in [-0.39, 0.29) is 24.4 Å². The Hall–Kier alpha value is -2.57. The molecule has 32 heavy (non-hydrogen) atoms. The van der Waals surface area contributed by atoms with Gasteiger partial charge in [-0.05, 0) is 56.0 Å². The van der Waals surface area contributed by atoms with Gasteiger partial charge in [0.25, 0.3) is 0 Å². The van der Waals surface area contributed by atoms with Crippen LogP contribution < -0.4 is 14.8 Å². The molecule has 0 bridgehead atoms. The van der Waals surface area contributed by atoms with Crippen LogP contribution in [0.25, 0.3) is 0 Å². The molecule has 4 rings (SSSR count). The van der Waals surface area contributed by atoms with Gasteiger partial charge in [-0.2, -0.15) is 0 Å². The molecule has 0 radical (unpaired) electrons. The van der Waals surface area contributed by atoms with Crippen molar-refractivity contribution >= 4 is 11.6 Å². The number of carbonyl (C=O) groups excluding carboxylic acids is 1. The van der Waals surface area contributed by atoms with Crippen molar-refractivity contribution in [2.45, 2.75) is 50.7 Å². The van der Waals surface area contributed by atoms with Gasteiger partial charge in [0.1, 0.15) is 0 Å². The third kappa shape index (κ3) is 4.62. The third-order valence-corrected chi connectivity index (χ3v) is 7.10. The first kappa shape index (κ1) is 22.6. The number of aliphatic hydroxyl groups is 1. The number of benzene rings is 2. The zero-order chi connectivity index (χ0) is 22.7. The normalized spacial score (nSPS) is 25.6. The topological polar surface area (TPSA) is 71.0 Å². The van der Waals surface area contributed by atoms with Crippen molar-refractivity contribution in [2.24, 2.45) is 5.92 Å². The van der Waals surface area contributed by atoms with E-state index in [1.54, 1.807) is 14.2 Å². The molecule has 2 fully saturated rings. The van der Waals surface area contributed by atoms with E-state index in [0.29, 0.717) is 24.5 Å². The Morgan fingerprint density at radius 2 is 1.84 bits per heavy atom. The van der Waals surface area contributed by atoms with Crippen molar-refractivity contribution in [2.75, 3.05) is 32.6 Å². The standard InChI is InChI=1S/C26H34N2O4/c1-18-7-10-20(11-8-18)27-24(29)17-28-15-14-26(30)13-5-4-6-21(26)25(28)19-9-12-22(31-2)23(16-19)32-3/h7-12,16,21,25,30H,4-6,13-15,17H2,1-3H3,(H,27,29)/t21-,25-,26+/m1/s1. The van der Waals surface area contributed by atoms with E-state index in [0.717, 1.165) is 42.5 Å². The van der Waals surface area contributed by atoms with Crippen LogP contribution in [0.4, 0.5) is 5.69 Å². The van der Waals surface area contributed by atoms with E-state index in [1.807, 2.05) is 49.4 Å². The molecule has 2 aromatic rings. The molecule has 172 valence electrons. The molecule has 6 nitrogen and oxygen atoms in total. The molecule has 3 atom stereocenters. The first-order valence-electron chi connectivity index (χ1n) is 11.5. The van der Waals surface area contributed by atoms with Crippen molar-refractivity contribution in [1.29, 1.82) is 0 Å². The van der Waals surface area contributed by atoms with E-state index in [1.165, 1.54) is 0 Å². The summed E-state index contributed by atoms with van der Waals surface area (Å²) in [6.45, 7) is 2.98. The van der Waals surface area contributed by atoms with Crippen LogP contribution in [-0.4, -0.2) is 48.8 Å². The molecule has 1 saturated heterocycles. The zero-order valence-electron chi connectivity index (χ0n) is 19.3. The van der Waals surface area contributed by atoms with Gasteiger partial charge in [-0.1, -0.05) is 36.6 Å². The maximum Gasteiger partial charge on any atom is 0.238 e. The lowest BCUT2D eigenvalue weighted by molar-refractivity contribution is -0.135. The van der Waals surface area contributed by atoms with Crippen molar-refractivity contribution in [1.82, 2.24) is 4.90 Å². The van der Waals surface area contributed by atoms with Gasteiger partial charge in [0.05, 0.1) is 26.4 Å². The number of hydrogen-bond acceptors (Lipinski definition) is 5. The summed E-state index contributed by atoms with van der Waals surface area (Å²) < 4.78 is 11.0. The predicted octanol–water partition coefficient (Wildman–Crippen LogP) is 4.32. The van der Waals surface area contributed by atoms with Gasteiger partial charge >= 0.3 is 0 Å². The quantitative estimate of drug-likeness (QED) is 0.703. The number of piperidine rings is 1. The van der Waals surface area contributed by atoms with Crippen LogP contribution in [-0.2, 0) is 4.79 Å². The number of fused-ring (bicyclic) bond motifs is 1.